The number of aryl methyl sites for hydroxylation is 1. The van der Waals surface area contributed by atoms with Crippen LogP contribution in [0.5, 0.6) is 5.75 Å². The fourth-order valence-electron chi connectivity index (χ4n) is 8.58. The normalized spacial score (nSPS) is 29.5. The molecular weight excluding hydrogens is 570 g/mol. The minimum Gasteiger partial charge on any atom is -0.502 e. The summed E-state index contributed by atoms with van der Waals surface area (Å²) in [4.78, 5) is 37.7. The van der Waals surface area contributed by atoms with Gasteiger partial charge in [0.05, 0.1) is 23.8 Å². The van der Waals surface area contributed by atoms with E-state index in [9.17, 15) is 20.0 Å². The number of phenolic OH excluding ortho intramolecular Hbond substituents is 1. The molecule has 2 heterocycles. The number of nitro benzene ring substituents is 1. The standard InChI is InChI=1S/C31H41N5O6S/c1-18-16-32-30(43-18)33-26(37)7-4-19-15-25(34-41-3)31(2)9-8-21-22(27(19)31)5-6-23-24(21)14-20(29(38)28(23)36(39)40)17-35-10-12-42-13-11-35/h14,16,19,21-22,27,38H,4-13,15,17H2,1-3H3,(H,32,33,37)/b34-25+. The van der Waals surface area contributed by atoms with E-state index in [0.717, 1.165) is 61.3 Å². The smallest absolute Gasteiger partial charge is 0.314 e. The molecule has 2 N–H and O–H groups in total. The first-order chi connectivity index (χ1) is 20.7. The number of carbonyl (C=O) groups excluding carboxylic acids is 1. The molecular formula is C31H41N5O6S. The first kappa shape index (κ1) is 30.0. The van der Waals surface area contributed by atoms with E-state index in [-0.39, 0.29) is 40.5 Å². The molecule has 4 aliphatic rings. The van der Waals surface area contributed by atoms with Crippen LogP contribution in [0.1, 0.15) is 72.9 Å². The highest BCUT2D eigenvalue weighted by atomic mass is 32.1. The number of hydrogen-bond acceptors (Lipinski definition) is 10. The lowest BCUT2D eigenvalue weighted by Crippen LogP contribution is -2.44. The number of thiazole rings is 1. The Bertz CT molecular complexity index is 1420. The topological polar surface area (TPSA) is 139 Å². The number of nitro groups is 1. The SMILES string of the molecule is CO/N=C1\CC(CCC(=O)Nc2ncc(C)s2)C2C3CCc4c(cc(CN5CCOCC5)c(O)c4[N+](=O)[O-])C3CCC12C. The van der Waals surface area contributed by atoms with Crippen molar-refractivity contribution in [3.8, 4) is 5.75 Å². The van der Waals surface area contributed by atoms with Crippen molar-refractivity contribution in [2.24, 2.45) is 28.3 Å². The molecule has 43 heavy (non-hydrogen) atoms. The maximum atomic E-state index is 12.9. The largest absolute Gasteiger partial charge is 0.502 e. The Kier molecular flexibility index (Phi) is 8.45. The highest BCUT2D eigenvalue weighted by Gasteiger charge is 2.58. The van der Waals surface area contributed by atoms with Gasteiger partial charge in [-0.2, -0.15) is 0 Å². The summed E-state index contributed by atoms with van der Waals surface area (Å²) in [7, 11) is 1.59. The molecule has 0 bridgehead atoms. The average Bonchev–Trinajstić information content (AvgIpc) is 3.52. The monoisotopic (exact) mass is 611 g/mol. The third-order valence-electron chi connectivity index (χ3n) is 10.4. The summed E-state index contributed by atoms with van der Waals surface area (Å²) in [5.74, 6) is 0.750. The average molecular weight is 612 g/mol. The van der Waals surface area contributed by atoms with Gasteiger partial charge in [0.1, 0.15) is 7.11 Å². The summed E-state index contributed by atoms with van der Waals surface area (Å²) >= 11 is 1.47. The van der Waals surface area contributed by atoms with E-state index in [1.807, 2.05) is 6.92 Å². The van der Waals surface area contributed by atoms with Crippen LogP contribution < -0.4 is 5.32 Å². The van der Waals surface area contributed by atoms with Crippen molar-refractivity contribution in [1.29, 1.82) is 0 Å². The molecule has 1 saturated heterocycles. The highest BCUT2D eigenvalue weighted by molar-refractivity contribution is 7.15. The van der Waals surface area contributed by atoms with E-state index in [4.69, 9.17) is 9.57 Å². The third-order valence-corrected chi connectivity index (χ3v) is 11.3. The molecule has 3 fully saturated rings. The van der Waals surface area contributed by atoms with E-state index in [0.29, 0.717) is 54.8 Å². The Morgan fingerprint density at radius 2 is 2.16 bits per heavy atom. The van der Waals surface area contributed by atoms with E-state index >= 15 is 0 Å². The highest BCUT2D eigenvalue weighted by Crippen LogP contribution is 2.63. The molecule has 1 aliphatic heterocycles. The molecule has 12 heteroatoms. The Morgan fingerprint density at radius 3 is 2.86 bits per heavy atom. The van der Waals surface area contributed by atoms with Crippen molar-refractivity contribution >= 4 is 33.8 Å². The number of nitrogens with zero attached hydrogens (tertiary/aromatic N) is 4. The molecule has 3 aliphatic carbocycles. The number of hydrogen-bond donors (Lipinski definition) is 2. The summed E-state index contributed by atoms with van der Waals surface area (Å²) in [6.07, 6.45) is 6.82. The van der Waals surface area contributed by atoms with Crippen molar-refractivity contribution in [3.05, 3.63) is 43.9 Å². The molecule has 11 nitrogen and oxygen atoms in total. The maximum Gasteiger partial charge on any atom is 0.314 e. The van der Waals surface area contributed by atoms with Crippen LogP contribution in [0.15, 0.2) is 17.4 Å². The third kappa shape index (κ3) is 5.64. The molecule has 1 amide bonds. The number of carbonyl (C=O) groups is 1. The minimum atomic E-state index is -0.394. The molecule has 0 spiro atoms. The fourth-order valence-corrected chi connectivity index (χ4v) is 9.26. The molecule has 2 aromatic rings. The molecule has 1 aromatic heterocycles. The zero-order valence-corrected chi connectivity index (χ0v) is 26.0. The number of benzene rings is 1. The number of nitrogens with one attached hydrogen (secondary N) is 1. The number of amides is 1. The number of fused-ring (bicyclic) bond motifs is 5. The van der Waals surface area contributed by atoms with Crippen molar-refractivity contribution < 1.29 is 24.4 Å². The maximum absolute atomic E-state index is 12.9. The second-order valence-corrected chi connectivity index (χ2v) is 14.0. The molecule has 232 valence electrons. The van der Waals surface area contributed by atoms with Crippen LogP contribution in [0.25, 0.3) is 0 Å². The van der Waals surface area contributed by atoms with Crippen LogP contribution in [0, 0.1) is 40.2 Å². The van der Waals surface area contributed by atoms with Gasteiger partial charge in [0.15, 0.2) is 10.9 Å². The van der Waals surface area contributed by atoms with Gasteiger partial charge in [-0.3, -0.25) is 19.8 Å². The van der Waals surface area contributed by atoms with Crippen LogP contribution in [-0.2, 0) is 27.3 Å². The van der Waals surface area contributed by atoms with Gasteiger partial charge in [0, 0.05) is 53.7 Å². The zero-order chi connectivity index (χ0) is 30.3. The minimum absolute atomic E-state index is 0.0339. The Hall–Kier alpha value is -3.09. The molecule has 6 rings (SSSR count). The van der Waals surface area contributed by atoms with Gasteiger partial charge in [0.2, 0.25) is 5.91 Å². The summed E-state index contributed by atoms with van der Waals surface area (Å²) in [5.41, 5.74) is 3.14. The zero-order valence-electron chi connectivity index (χ0n) is 25.1. The van der Waals surface area contributed by atoms with Gasteiger partial charge in [-0.15, -0.1) is 11.3 Å². The second kappa shape index (κ2) is 12.1. The predicted octanol–water partition coefficient (Wildman–Crippen LogP) is 5.40. The molecule has 2 saturated carbocycles. The van der Waals surface area contributed by atoms with Crippen molar-refractivity contribution in [2.75, 3.05) is 38.7 Å². The van der Waals surface area contributed by atoms with E-state index < -0.39 is 4.92 Å². The number of aromatic hydroxyl groups is 1. The Balaban J connectivity index is 1.29. The number of aromatic nitrogens is 1. The van der Waals surface area contributed by atoms with Crippen molar-refractivity contribution in [1.82, 2.24) is 9.88 Å². The van der Waals surface area contributed by atoms with Gasteiger partial charge < -0.3 is 20.0 Å². The van der Waals surface area contributed by atoms with Crippen LogP contribution in [-0.4, -0.2) is 64.9 Å². The number of rotatable bonds is 8. The number of oxime groups is 1. The van der Waals surface area contributed by atoms with Gasteiger partial charge in [0.25, 0.3) is 0 Å². The van der Waals surface area contributed by atoms with Gasteiger partial charge >= 0.3 is 5.69 Å². The molecule has 1 aromatic carbocycles. The summed E-state index contributed by atoms with van der Waals surface area (Å²) in [6.45, 7) is 7.42. The quantitative estimate of drug-likeness (QED) is 0.299. The van der Waals surface area contributed by atoms with Crippen LogP contribution in [0.3, 0.4) is 0 Å². The van der Waals surface area contributed by atoms with Crippen LogP contribution in [0.4, 0.5) is 10.8 Å². The number of ether oxygens (including phenoxy) is 1. The lowest BCUT2D eigenvalue weighted by molar-refractivity contribution is -0.386. The molecule has 5 unspecified atom stereocenters. The van der Waals surface area contributed by atoms with E-state index in [1.54, 1.807) is 13.3 Å². The van der Waals surface area contributed by atoms with Gasteiger partial charge in [-0.25, -0.2) is 4.98 Å². The summed E-state index contributed by atoms with van der Waals surface area (Å²) in [6, 6.07) is 2.06. The van der Waals surface area contributed by atoms with Gasteiger partial charge in [-0.05, 0) is 80.8 Å². The van der Waals surface area contributed by atoms with Crippen molar-refractivity contribution in [2.45, 2.75) is 71.3 Å². The van der Waals surface area contributed by atoms with E-state index in [2.05, 4.69) is 33.3 Å². The Labute approximate surface area is 255 Å². The lowest BCUT2D eigenvalue weighted by atomic mass is 9.53. The molecule has 0 radical (unpaired) electrons. The number of phenols is 1. The second-order valence-electron chi connectivity index (χ2n) is 12.8. The Morgan fingerprint density at radius 1 is 1.37 bits per heavy atom. The van der Waals surface area contributed by atoms with Crippen LogP contribution in [0.2, 0.25) is 0 Å². The first-order valence-electron chi connectivity index (χ1n) is 15.3. The number of morpholine rings is 1. The van der Waals surface area contributed by atoms with Crippen LogP contribution >= 0.6 is 11.3 Å². The predicted molar refractivity (Wildman–Crippen MR) is 164 cm³/mol. The van der Waals surface area contributed by atoms with Crippen molar-refractivity contribution in [3.63, 3.8) is 0 Å². The first-order valence-corrected chi connectivity index (χ1v) is 16.2. The lowest BCUT2D eigenvalue weighted by Gasteiger charge is -2.50. The fraction of sp³-hybridized carbons (Fsp3) is 0.645. The van der Waals surface area contributed by atoms with Gasteiger partial charge in [-0.1, -0.05) is 12.1 Å². The summed E-state index contributed by atoms with van der Waals surface area (Å²) in [5, 5.41) is 31.5. The molecule has 5 atom stereocenters. The van der Waals surface area contributed by atoms with E-state index in [1.165, 1.54) is 11.3 Å². The summed E-state index contributed by atoms with van der Waals surface area (Å²) < 4.78 is 5.48. The number of anilines is 1.